The van der Waals surface area contributed by atoms with Crippen molar-refractivity contribution in [2.75, 3.05) is 31.7 Å². The molecule has 5 N–H and O–H groups in total. The van der Waals surface area contributed by atoms with Gasteiger partial charge >= 0.3 is 0 Å². The number of amides is 1. The Kier molecular flexibility index (Phi) is 4.85. The number of sulfonamides is 1. The number of hydrogen-bond donors (Lipinski definition) is 3. The molecule has 21 heavy (non-hydrogen) atoms. The van der Waals surface area contributed by atoms with E-state index >= 15 is 0 Å². The Morgan fingerprint density at radius 1 is 1.33 bits per heavy atom. The van der Waals surface area contributed by atoms with Gasteiger partial charge in [0.1, 0.15) is 0 Å². The SMILES string of the molecule is CN(C)S(=O)(=O)c1ccc(N)c(NCC(C)(C)C(N)=O)c1. The summed E-state index contributed by atoms with van der Waals surface area (Å²) in [4.78, 5) is 11.4. The van der Waals surface area contributed by atoms with Crippen molar-refractivity contribution in [3.8, 4) is 0 Å². The van der Waals surface area contributed by atoms with Gasteiger partial charge in [0.05, 0.1) is 21.7 Å². The Hall–Kier alpha value is -1.80. The average Bonchev–Trinajstić information content (AvgIpc) is 2.37. The highest BCUT2D eigenvalue weighted by Crippen LogP contribution is 2.25. The number of nitrogens with one attached hydrogen (secondary N) is 1. The van der Waals surface area contributed by atoms with Crippen LogP contribution in [0.25, 0.3) is 0 Å². The third-order valence-electron chi connectivity index (χ3n) is 3.19. The molecule has 0 aliphatic carbocycles. The molecule has 0 bridgehead atoms. The van der Waals surface area contributed by atoms with E-state index in [1.807, 2.05) is 0 Å². The third kappa shape index (κ3) is 3.85. The molecule has 1 aromatic carbocycles. The van der Waals surface area contributed by atoms with E-state index < -0.39 is 21.3 Å². The van der Waals surface area contributed by atoms with Gasteiger partial charge in [-0.15, -0.1) is 0 Å². The van der Waals surface area contributed by atoms with Gasteiger partial charge in [-0.25, -0.2) is 12.7 Å². The Labute approximate surface area is 125 Å². The van der Waals surface area contributed by atoms with E-state index in [0.717, 1.165) is 4.31 Å². The summed E-state index contributed by atoms with van der Waals surface area (Å²) in [6.45, 7) is 3.63. The highest BCUT2D eigenvalue weighted by molar-refractivity contribution is 7.89. The zero-order chi connectivity index (χ0) is 16.4. The van der Waals surface area contributed by atoms with Crippen LogP contribution in [-0.2, 0) is 14.8 Å². The van der Waals surface area contributed by atoms with Gasteiger partial charge in [0.15, 0.2) is 0 Å². The number of primary amides is 1. The summed E-state index contributed by atoms with van der Waals surface area (Å²) in [6.07, 6.45) is 0. The lowest BCUT2D eigenvalue weighted by molar-refractivity contribution is -0.125. The van der Waals surface area contributed by atoms with Crippen LogP contribution >= 0.6 is 0 Å². The second-order valence-corrected chi connectivity index (χ2v) is 7.79. The van der Waals surface area contributed by atoms with Gasteiger partial charge in [-0.2, -0.15) is 0 Å². The summed E-state index contributed by atoms with van der Waals surface area (Å²) in [5.74, 6) is -0.453. The van der Waals surface area contributed by atoms with Crippen molar-refractivity contribution >= 4 is 27.3 Å². The largest absolute Gasteiger partial charge is 0.397 e. The predicted octanol–water partition coefficient (Wildman–Crippen LogP) is 0.443. The fraction of sp³-hybridized carbons (Fsp3) is 0.462. The lowest BCUT2D eigenvalue weighted by Crippen LogP contribution is -2.37. The summed E-state index contributed by atoms with van der Waals surface area (Å²) in [5.41, 5.74) is 11.2. The first-order valence-corrected chi connectivity index (χ1v) is 7.78. The van der Waals surface area contributed by atoms with E-state index in [2.05, 4.69) is 5.32 Å². The van der Waals surface area contributed by atoms with Crippen LogP contribution in [0.3, 0.4) is 0 Å². The second kappa shape index (κ2) is 5.90. The van der Waals surface area contributed by atoms with Crippen LogP contribution in [0.15, 0.2) is 23.1 Å². The lowest BCUT2D eigenvalue weighted by atomic mass is 9.92. The minimum Gasteiger partial charge on any atom is -0.397 e. The minimum atomic E-state index is -3.54. The topological polar surface area (TPSA) is 119 Å². The van der Waals surface area contributed by atoms with Crippen LogP contribution in [0, 0.1) is 5.41 Å². The van der Waals surface area contributed by atoms with E-state index in [-0.39, 0.29) is 11.4 Å². The molecule has 0 aromatic heterocycles. The maximum atomic E-state index is 12.1. The molecule has 0 radical (unpaired) electrons. The molecule has 0 saturated heterocycles. The van der Waals surface area contributed by atoms with E-state index in [0.29, 0.717) is 11.4 Å². The molecule has 0 fully saturated rings. The second-order valence-electron chi connectivity index (χ2n) is 5.64. The first kappa shape index (κ1) is 17.3. The van der Waals surface area contributed by atoms with Crippen molar-refractivity contribution in [1.82, 2.24) is 4.31 Å². The number of rotatable bonds is 6. The summed E-state index contributed by atoms with van der Waals surface area (Å²) >= 11 is 0. The fourth-order valence-electron chi connectivity index (χ4n) is 1.46. The molecule has 118 valence electrons. The fourth-order valence-corrected chi connectivity index (χ4v) is 2.39. The van der Waals surface area contributed by atoms with E-state index in [1.54, 1.807) is 13.8 Å². The first-order chi connectivity index (χ1) is 9.48. The van der Waals surface area contributed by atoms with Crippen molar-refractivity contribution in [2.45, 2.75) is 18.7 Å². The third-order valence-corrected chi connectivity index (χ3v) is 5.00. The maximum Gasteiger partial charge on any atom is 0.242 e. The number of nitrogens with zero attached hydrogens (tertiary/aromatic N) is 1. The van der Waals surface area contributed by atoms with Crippen molar-refractivity contribution in [3.63, 3.8) is 0 Å². The van der Waals surface area contributed by atoms with Crippen LogP contribution in [0.4, 0.5) is 11.4 Å². The molecule has 0 aliphatic rings. The number of nitrogen functional groups attached to an aromatic ring is 1. The summed E-state index contributed by atoms with van der Waals surface area (Å²) in [6, 6.07) is 4.40. The molecular weight excluding hydrogens is 292 g/mol. The van der Waals surface area contributed by atoms with Crippen molar-refractivity contribution in [3.05, 3.63) is 18.2 Å². The van der Waals surface area contributed by atoms with Crippen LogP contribution in [-0.4, -0.2) is 39.3 Å². The van der Waals surface area contributed by atoms with E-state index in [9.17, 15) is 13.2 Å². The Morgan fingerprint density at radius 2 is 1.90 bits per heavy atom. The van der Waals surface area contributed by atoms with Crippen molar-refractivity contribution in [1.29, 1.82) is 0 Å². The highest BCUT2D eigenvalue weighted by atomic mass is 32.2. The molecule has 0 spiro atoms. The molecule has 0 aliphatic heterocycles. The van der Waals surface area contributed by atoms with Gasteiger partial charge in [-0.05, 0) is 32.0 Å². The first-order valence-electron chi connectivity index (χ1n) is 6.34. The molecule has 8 heteroatoms. The molecule has 1 rings (SSSR count). The van der Waals surface area contributed by atoms with Gasteiger partial charge in [0.25, 0.3) is 0 Å². The quantitative estimate of drug-likeness (QED) is 0.658. The van der Waals surface area contributed by atoms with Crippen LogP contribution in [0.5, 0.6) is 0 Å². The maximum absolute atomic E-state index is 12.1. The van der Waals surface area contributed by atoms with Crippen molar-refractivity contribution in [2.24, 2.45) is 11.1 Å². The van der Waals surface area contributed by atoms with Crippen molar-refractivity contribution < 1.29 is 13.2 Å². The minimum absolute atomic E-state index is 0.126. The van der Waals surface area contributed by atoms with Gasteiger partial charge in [-0.3, -0.25) is 4.79 Å². The lowest BCUT2D eigenvalue weighted by Gasteiger charge is -2.22. The number of hydrogen-bond acceptors (Lipinski definition) is 5. The summed E-state index contributed by atoms with van der Waals surface area (Å²) < 4.78 is 25.3. The number of carbonyl (C=O) groups is 1. The summed E-state index contributed by atoms with van der Waals surface area (Å²) in [5, 5.41) is 2.98. The predicted molar refractivity (Wildman–Crippen MR) is 83.2 cm³/mol. The van der Waals surface area contributed by atoms with Gasteiger partial charge in [0, 0.05) is 20.6 Å². The van der Waals surface area contributed by atoms with Gasteiger partial charge < -0.3 is 16.8 Å². The number of carbonyl (C=O) groups excluding carboxylic acids is 1. The molecule has 7 nitrogen and oxygen atoms in total. The number of anilines is 2. The monoisotopic (exact) mass is 314 g/mol. The standard InChI is InChI=1S/C13H22N4O3S/c1-13(2,12(15)18)8-16-11-7-9(5-6-10(11)14)21(19,20)17(3)4/h5-7,16H,8,14H2,1-4H3,(H2,15,18). The molecule has 0 unspecified atom stereocenters. The molecule has 0 saturated carbocycles. The zero-order valence-corrected chi connectivity index (χ0v) is 13.5. The molecule has 0 atom stereocenters. The smallest absolute Gasteiger partial charge is 0.242 e. The van der Waals surface area contributed by atoms with E-state index in [1.165, 1.54) is 32.3 Å². The molecule has 1 amide bonds. The molecular formula is C13H22N4O3S. The Bertz CT molecular complexity index is 639. The Balaban J connectivity index is 3.08. The van der Waals surface area contributed by atoms with Crippen LogP contribution < -0.4 is 16.8 Å². The average molecular weight is 314 g/mol. The van der Waals surface area contributed by atoms with Gasteiger partial charge in [-0.1, -0.05) is 0 Å². The van der Waals surface area contributed by atoms with Gasteiger partial charge in [0.2, 0.25) is 15.9 Å². The van der Waals surface area contributed by atoms with Crippen LogP contribution in [0.2, 0.25) is 0 Å². The molecule has 0 heterocycles. The van der Waals surface area contributed by atoms with E-state index in [4.69, 9.17) is 11.5 Å². The van der Waals surface area contributed by atoms with Crippen LogP contribution in [0.1, 0.15) is 13.8 Å². The Morgan fingerprint density at radius 3 is 2.38 bits per heavy atom. The zero-order valence-electron chi connectivity index (χ0n) is 12.7. The summed E-state index contributed by atoms with van der Waals surface area (Å²) in [7, 11) is -0.633. The number of nitrogens with two attached hydrogens (primary N) is 2. The normalized spacial score (nSPS) is 12.4. The molecule has 1 aromatic rings. The highest BCUT2D eigenvalue weighted by Gasteiger charge is 2.25. The number of benzene rings is 1.